The summed E-state index contributed by atoms with van der Waals surface area (Å²) < 4.78 is 0. The van der Waals surface area contributed by atoms with Crippen molar-refractivity contribution in [3.8, 4) is 0 Å². The summed E-state index contributed by atoms with van der Waals surface area (Å²) >= 11 is 0. The van der Waals surface area contributed by atoms with Crippen LogP contribution in [0.2, 0.25) is 0 Å². The molecule has 3 rings (SSSR count). The molecule has 0 spiro atoms. The van der Waals surface area contributed by atoms with Gasteiger partial charge in [-0.1, -0.05) is 12.5 Å². The minimum atomic E-state index is -0.111. The first-order valence-corrected chi connectivity index (χ1v) is 7.96. The second-order valence-corrected chi connectivity index (χ2v) is 6.77. The molecular weight excluding hydrogens is 260 g/mol. The van der Waals surface area contributed by atoms with Crippen molar-refractivity contribution in [3.63, 3.8) is 0 Å². The Morgan fingerprint density at radius 2 is 2.00 bits per heavy atom. The molecule has 3 atom stereocenters. The molecule has 0 radical (unpaired) electrons. The number of carbonyl (C=O) groups excluding carboxylic acids is 1. The summed E-state index contributed by atoms with van der Waals surface area (Å²) in [6.07, 6.45) is 5.36. The van der Waals surface area contributed by atoms with Crippen molar-refractivity contribution in [2.24, 2.45) is 22.9 Å². The lowest BCUT2D eigenvalue weighted by molar-refractivity contribution is 0.0954. The Kier molecular flexibility index (Phi) is 3.83. The topological polar surface area (TPSA) is 41.5 Å². The molecule has 2 saturated carbocycles. The van der Waals surface area contributed by atoms with Crippen LogP contribution in [0.25, 0.3) is 0 Å². The van der Waals surface area contributed by atoms with Crippen LogP contribution < -0.4 is 5.43 Å². The Morgan fingerprint density at radius 3 is 2.62 bits per heavy atom. The largest absolute Gasteiger partial charge is 0.271 e. The SMILES string of the molecule is C/C(=N/NC(=O)c1ccc(C)c(C)c1)[C@H]1C[C@H]2CC[C@@H]1C2. The van der Waals surface area contributed by atoms with E-state index in [2.05, 4.69) is 24.4 Å². The Labute approximate surface area is 126 Å². The van der Waals surface area contributed by atoms with E-state index in [1.807, 2.05) is 25.1 Å². The van der Waals surface area contributed by atoms with Gasteiger partial charge in [0.2, 0.25) is 0 Å². The van der Waals surface area contributed by atoms with Crippen molar-refractivity contribution in [3.05, 3.63) is 34.9 Å². The van der Waals surface area contributed by atoms with Gasteiger partial charge in [0.05, 0.1) is 0 Å². The molecule has 2 aliphatic carbocycles. The number of benzene rings is 1. The number of rotatable bonds is 3. The predicted molar refractivity (Wildman–Crippen MR) is 85.4 cm³/mol. The number of amides is 1. The van der Waals surface area contributed by atoms with Crippen molar-refractivity contribution in [2.75, 3.05) is 0 Å². The smallest absolute Gasteiger partial charge is 0.267 e. The number of hydrazone groups is 1. The maximum atomic E-state index is 12.2. The molecule has 0 unspecified atom stereocenters. The fraction of sp³-hybridized carbons (Fsp3) is 0.556. The van der Waals surface area contributed by atoms with Crippen LogP contribution in [0.1, 0.15) is 54.1 Å². The molecule has 2 aliphatic rings. The van der Waals surface area contributed by atoms with Gasteiger partial charge in [0.15, 0.2) is 0 Å². The second-order valence-electron chi connectivity index (χ2n) is 6.77. The third-order valence-corrected chi connectivity index (χ3v) is 5.38. The van der Waals surface area contributed by atoms with Crippen molar-refractivity contribution in [1.82, 2.24) is 5.43 Å². The zero-order valence-corrected chi connectivity index (χ0v) is 13.1. The van der Waals surface area contributed by atoms with Crippen LogP contribution >= 0.6 is 0 Å². The number of hydrogen-bond acceptors (Lipinski definition) is 2. The van der Waals surface area contributed by atoms with Gasteiger partial charge in [-0.05, 0) is 75.1 Å². The molecule has 1 N–H and O–H groups in total. The fourth-order valence-corrected chi connectivity index (χ4v) is 3.93. The van der Waals surface area contributed by atoms with Gasteiger partial charge in [-0.3, -0.25) is 4.79 Å². The van der Waals surface area contributed by atoms with Crippen LogP contribution in [0.3, 0.4) is 0 Å². The molecule has 112 valence electrons. The standard InChI is InChI=1S/C18H24N2O/c1-11-4-6-16(8-12(11)2)18(21)20-19-13(3)17-10-14-5-7-15(17)9-14/h4,6,8,14-15,17H,5,7,9-10H2,1-3H3,(H,20,21)/b19-13-/t14-,15+,17+/m0/s1. The number of nitrogens with zero attached hydrogens (tertiary/aromatic N) is 1. The normalized spacial score (nSPS) is 28.0. The van der Waals surface area contributed by atoms with Crippen LogP contribution in [0.5, 0.6) is 0 Å². The molecular formula is C18H24N2O. The first-order valence-electron chi connectivity index (χ1n) is 7.96. The maximum Gasteiger partial charge on any atom is 0.271 e. The zero-order chi connectivity index (χ0) is 15.0. The van der Waals surface area contributed by atoms with Crippen LogP contribution in [0, 0.1) is 31.6 Å². The maximum absolute atomic E-state index is 12.2. The van der Waals surface area contributed by atoms with Gasteiger partial charge < -0.3 is 0 Å². The third-order valence-electron chi connectivity index (χ3n) is 5.38. The summed E-state index contributed by atoms with van der Waals surface area (Å²) in [5.74, 6) is 2.18. The van der Waals surface area contributed by atoms with Crippen molar-refractivity contribution in [2.45, 2.75) is 46.5 Å². The van der Waals surface area contributed by atoms with Gasteiger partial charge in [0.1, 0.15) is 0 Å². The number of fused-ring (bicyclic) bond motifs is 2. The van der Waals surface area contributed by atoms with Gasteiger partial charge >= 0.3 is 0 Å². The third kappa shape index (κ3) is 2.87. The highest BCUT2D eigenvalue weighted by atomic mass is 16.2. The van der Waals surface area contributed by atoms with Gasteiger partial charge in [-0.2, -0.15) is 5.10 Å². The molecule has 3 nitrogen and oxygen atoms in total. The van der Waals surface area contributed by atoms with E-state index in [1.54, 1.807) is 0 Å². The van der Waals surface area contributed by atoms with Crippen LogP contribution in [0.4, 0.5) is 0 Å². The highest BCUT2D eigenvalue weighted by molar-refractivity contribution is 5.95. The van der Waals surface area contributed by atoms with E-state index in [9.17, 15) is 4.79 Å². The number of carbonyl (C=O) groups is 1. The quantitative estimate of drug-likeness (QED) is 0.665. The van der Waals surface area contributed by atoms with Gasteiger partial charge in [-0.25, -0.2) is 5.43 Å². The summed E-state index contributed by atoms with van der Waals surface area (Å²) in [4.78, 5) is 12.2. The lowest BCUT2D eigenvalue weighted by Crippen LogP contribution is -2.24. The van der Waals surface area contributed by atoms with E-state index >= 15 is 0 Å². The number of nitrogens with one attached hydrogen (secondary N) is 1. The lowest BCUT2D eigenvalue weighted by Gasteiger charge is -2.21. The summed E-state index contributed by atoms with van der Waals surface area (Å²) in [5, 5.41) is 4.37. The Balaban J connectivity index is 1.64. The average molecular weight is 284 g/mol. The molecule has 1 amide bonds. The molecule has 2 fully saturated rings. The molecule has 3 heteroatoms. The molecule has 0 aliphatic heterocycles. The Bertz CT molecular complexity index is 591. The highest BCUT2D eigenvalue weighted by Gasteiger charge is 2.40. The zero-order valence-electron chi connectivity index (χ0n) is 13.1. The van der Waals surface area contributed by atoms with Crippen LogP contribution in [-0.2, 0) is 0 Å². The number of hydrogen-bond donors (Lipinski definition) is 1. The minimum Gasteiger partial charge on any atom is -0.267 e. The van der Waals surface area contributed by atoms with E-state index in [1.165, 1.54) is 31.2 Å². The van der Waals surface area contributed by atoms with E-state index in [4.69, 9.17) is 0 Å². The number of aryl methyl sites for hydroxylation is 2. The molecule has 1 aromatic carbocycles. The van der Waals surface area contributed by atoms with E-state index in [0.29, 0.717) is 11.5 Å². The summed E-state index contributed by atoms with van der Waals surface area (Å²) in [5.41, 5.74) is 6.85. The van der Waals surface area contributed by atoms with Crippen molar-refractivity contribution >= 4 is 11.6 Å². The van der Waals surface area contributed by atoms with Crippen LogP contribution in [-0.4, -0.2) is 11.6 Å². The second kappa shape index (κ2) is 5.63. The monoisotopic (exact) mass is 284 g/mol. The van der Waals surface area contributed by atoms with Gasteiger partial charge in [-0.15, -0.1) is 0 Å². The summed E-state index contributed by atoms with van der Waals surface area (Å²) in [7, 11) is 0. The fourth-order valence-electron chi connectivity index (χ4n) is 3.93. The Hall–Kier alpha value is -1.64. The van der Waals surface area contributed by atoms with E-state index < -0.39 is 0 Å². The molecule has 21 heavy (non-hydrogen) atoms. The first kappa shape index (κ1) is 14.3. The van der Waals surface area contributed by atoms with Crippen molar-refractivity contribution in [1.29, 1.82) is 0 Å². The van der Waals surface area contributed by atoms with E-state index in [0.717, 1.165) is 23.1 Å². The predicted octanol–water partition coefficient (Wildman–Crippen LogP) is 3.85. The summed E-state index contributed by atoms with van der Waals surface area (Å²) in [6.45, 7) is 6.14. The van der Waals surface area contributed by atoms with E-state index in [-0.39, 0.29) is 5.91 Å². The van der Waals surface area contributed by atoms with Gasteiger partial charge in [0.25, 0.3) is 5.91 Å². The molecule has 0 heterocycles. The van der Waals surface area contributed by atoms with Crippen LogP contribution in [0.15, 0.2) is 23.3 Å². The molecule has 2 bridgehead atoms. The minimum absolute atomic E-state index is 0.111. The van der Waals surface area contributed by atoms with Gasteiger partial charge in [0, 0.05) is 17.2 Å². The molecule has 0 saturated heterocycles. The summed E-state index contributed by atoms with van der Waals surface area (Å²) in [6, 6.07) is 5.77. The first-order chi connectivity index (χ1) is 10.0. The van der Waals surface area contributed by atoms with Crippen molar-refractivity contribution < 1.29 is 4.79 Å². The molecule has 1 aromatic rings. The molecule has 0 aromatic heterocycles. The highest BCUT2D eigenvalue weighted by Crippen LogP contribution is 2.48. The average Bonchev–Trinajstić information content (AvgIpc) is 3.10. The Morgan fingerprint density at radius 1 is 1.19 bits per heavy atom. The lowest BCUT2D eigenvalue weighted by atomic mass is 9.86.